The summed E-state index contributed by atoms with van der Waals surface area (Å²) in [5.41, 5.74) is 0.637. The van der Waals surface area contributed by atoms with Crippen LogP contribution in [0.3, 0.4) is 0 Å². The number of nitriles is 1. The summed E-state index contributed by atoms with van der Waals surface area (Å²) in [5, 5.41) is 20.2. The van der Waals surface area contributed by atoms with Gasteiger partial charge in [-0.15, -0.1) is 0 Å². The Balaban J connectivity index is 2.26. The number of rotatable bonds is 2. The monoisotopic (exact) mass is 273 g/mol. The van der Waals surface area contributed by atoms with Gasteiger partial charge in [0.15, 0.2) is 0 Å². The molecule has 1 aromatic carbocycles. The van der Waals surface area contributed by atoms with E-state index in [1.165, 1.54) is 24.3 Å². The second-order valence-electron chi connectivity index (χ2n) is 4.28. The van der Waals surface area contributed by atoms with Gasteiger partial charge in [0.25, 0.3) is 5.91 Å². The third-order valence-electron chi connectivity index (χ3n) is 2.99. The molecule has 1 unspecified atom stereocenters. The number of hydrogen-bond acceptors (Lipinski definition) is 4. The SMILES string of the molecule is N#Cc1ccc(C(=O)N2CC(=O)NCC2C(=O)O)cc1. The van der Waals surface area contributed by atoms with Gasteiger partial charge in [0, 0.05) is 12.1 Å². The molecule has 1 aromatic rings. The summed E-state index contributed by atoms with van der Waals surface area (Å²) >= 11 is 0. The van der Waals surface area contributed by atoms with E-state index in [1.54, 1.807) is 0 Å². The molecule has 2 N–H and O–H groups in total. The zero-order valence-electron chi connectivity index (χ0n) is 10.4. The zero-order chi connectivity index (χ0) is 14.7. The minimum Gasteiger partial charge on any atom is -0.480 e. The van der Waals surface area contributed by atoms with Crippen LogP contribution >= 0.6 is 0 Å². The van der Waals surface area contributed by atoms with Crippen LogP contribution in [-0.4, -0.2) is 46.9 Å². The van der Waals surface area contributed by atoms with Crippen molar-refractivity contribution in [2.45, 2.75) is 6.04 Å². The molecular weight excluding hydrogens is 262 g/mol. The van der Waals surface area contributed by atoms with Crippen LogP contribution in [0, 0.1) is 11.3 Å². The van der Waals surface area contributed by atoms with E-state index in [0.29, 0.717) is 5.56 Å². The van der Waals surface area contributed by atoms with E-state index in [0.717, 1.165) is 4.90 Å². The van der Waals surface area contributed by atoms with Gasteiger partial charge in [0.05, 0.1) is 11.6 Å². The second-order valence-corrected chi connectivity index (χ2v) is 4.28. The van der Waals surface area contributed by atoms with Crippen LogP contribution in [0.15, 0.2) is 24.3 Å². The molecule has 1 heterocycles. The van der Waals surface area contributed by atoms with E-state index in [1.807, 2.05) is 6.07 Å². The smallest absolute Gasteiger partial charge is 0.328 e. The van der Waals surface area contributed by atoms with Crippen LogP contribution in [-0.2, 0) is 9.59 Å². The number of aliphatic carboxylic acids is 1. The maximum absolute atomic E-state index is 12.3. The van der Waals surface area contributed by atoms with Crippen LogP contribution in [0.25, 0.3) is 0 Å². The Kier molecular flexibility index (Phi) is 3.66. The molecule has 0 spiro atoms. The van der Waals surface area contributed by atoms with Crippen molar-refractivity contribution in [3.63, 3.8) is 0 Å². The van der Waals surface area contributed by atoms with E-state index in [-0.39, 0.29) is 18.7 Å². The van der Waals surface area contributed by atoms with E-state index in [9.17, 15) is 14.4 Å². The summed E-state index contributed by atoms with van der Waals surface area (Å²) in [4.78, 5) is 35.7. The summed E-state index contributed by atoms with van der Waals surface area (Å²) in [6, 6.07) is 6.64. The molecule has 2 amide bonds. The lowest BCUT2D eigenvalue weighted by molar-refractivity contribution is -0.144. The van der Waals surface area contributed by atoms with Crippen LogP contribution in [0.4, 0.5) is 0 Å². The van der Waals surface area contributed by atoms with E-state index in [4.69, 9.17) is 10.4 Å². The number of piperazine rings is 1. The van der Waals surface area contributed by atoms with Gasteiger partial charge in [0.1, 0.15) is 12.6 Å². The predicted molar refractivity (Wildman–Crippen MR) is 66.6 cm³/mol. The Labute approximate surface area is 114 Å². The minimum atomic E-state index is -1.17. The lowest BCUT2D eigenvalue weighted by Gasteiger charge is -2.32. The van der Waals surface area contributed by atoms with Gasteiger partial charge in [-0.2, -0.15) is 5.26 Å². The normalized spacial score (nSPS) is 18.1. The number of nitrogens with zero attached hydrogens (tertiary/aromatic N) is 2. The zero-order valence-corrected chi connectivity index (χ0v) is 10.4. The van der Waals surface area contributed by atoms with E-state index >= 15 is 0 Å². The van der Waals surface area contributed by atoms with Gasteiger partial charge in [-0.25, -0.2) is 4.79 Å². The summed E-state index contributed by atoms with van der Waals surface area (Å²) in [5.74, 6) is -2.12. The molecule has 0 aromatic heterocycles. The molecule has 1 fully saturated rings. The topological polar surface area (TPSA) is 111 Å². The minimum absolute atomic E-state index is 0.115. The maximum Gasteiger partial charge on any atom is 0.328 e. The van der Waals surface area contributed by atoms with Crippen molar-refractivity contribution in [1.82, 2.24) is 10.2 Å². The van der Waals surface area contributed by atoms with Crippen molar-refractivity contribution >= 4 is 17.8 Å². The number of benzene rings is 1. The fourth-order valence-electron chi connectivity index (χ4n) is 1.93. The van der Waals surface area contributed by atoms with Crippen LogP contribution in [0.2, 0.25) is 0 Å². The molecule has 0 saturated carbocycles. The van der Waals surface area contributed by atoms with Crippen LogP contribution < -0.4 is 5.32 Å². The highest BCUT2D eigenvalue weighted by Gasteiger charge is 2.35. The first-order chi connectivity index (χ1) is 9.52. The van der Waals surface area contributed by atoms with Gasteiger partial charge in [-0.05, 0) is 24.3 Å². The second kappa shape index (κ2) is 5.40. The summed E-state index contributed by atoms with van der Waals surface area (Å²) in [6.45, 7) is -0.411. The molecule has 7 nitrogen and oxygen atoms in total. The fourth-order valence-corrected chi connectivity index (χ4v) is 1.93. The van der Waals surface area contributed by atoms with Crippen molar-refractivity contribution < 1.29 is 19.5 Å². The van der Waals surface area contributed by atoms with Gasteiger partial charge < -0.3 is 15.3 Å². The van der Waals surface area contributed by atoms with Crippen LogP contribution in [0.1, 0.15) is 15.9 Å². The number of carbonyl (C=O) groups is 3. The average Bonchev–Trinajstić information content (AvgIpc) is 2.46. The molecule has 0 bridgehead atoms. The van der Waals surface area contributed by atoms with E-state index in [2.05, 4.69) is 5.32 Å². The Morgan fingerprint density at radius 2 is 2.00 bits per heavy atom. The molecular formula is C13H11N3O4. The highest BCUT2D eigenvalue weighted by atomic mass is 16.4. The highest BCUT2D eigenvalue weighted by Crippen LogP contribution is 2.12. The Bertz CT molecular complexity index is 603. The molecule has 20 heavy (non-hydrogen) atoms. The summed E-state index contributed by atoms with van der Waals surface area (Å²) in [6.07, 6.45) is 0. The van der Waals surface area contributed by atoms with Gasteiger partial charge >= 0.3 is 5.97 Å². The number of hydrogen-bond donors (Lipinski definition) is 2. The van der Waals surface area contributed by atoms with Gasteiger partial charge in [-0.1, -0.05) is 0 Å². The van der Waals surface area contributed by atoms with Crippen molar-refractivity contribution in [1.29, 1.82) is 5.26 Å². The van der Waals surface area contributed by atoms with Crippen molar-refractivity contribution in [3.8, 4) is 6.07 Å². The quantitative estimate of drug-likeness (QED) is 0.760. The first-order valence-corrected chi connectivity index (χ1v) is 5.83. The van der Waals surface area contributed by atoms with Crippen LogP contribution in [0.5, 0.6) is 0 Å². The number of carboxylic acids is 1. The lowest BCUT2D eigenvalue weighted by Crippen LogP contribution is -2.59. The third-order valence-corrected chi connectivity index (χ3v) is 2.99. The Morgan fingerprint density at radius 3 is 2.55 bits per heavy atom. The molecule has 102 valence electrons. The predicted octanol–water partition coefficient (Wildman–Crippen LogP) is -0.417. The van der Waals surface area contributed by atoms with Gasteiger partial charge in [0.2, 0.25) is 5.91 Å². The number of nitrogens with one attached hydrogen (secondary N) is 1. The number of amides is 2. The van der Waals surface area contributed by atoms with Gasteiger partial charge in [-0.3, -0.25) is 9.59 Å². The molecule has 2 rings (SSSR count). The maximum atomic E-state index is 12.3. The largest absolute Gasteiger partial charge is 0.480 e. The molecule has 1 saturated heterocycles. The third kappa shape index (κ3) is 2.59. The van der Waals surface area contributed by atoms with Crippen molar-refractivity contribution in [2.24, 2.45) is 0 Å². The molecule has 7 heteroatoms. The molecule has 0 aliphatic carbocycles. The molecule has 0 radical (unpaired) electrons. The standard InChI is InChI=1S/C13H11N3O4/c14-5-8-1-3-9(4-2-8)12(18)16-7-11(17)15-6-10(16)13(19)20/h1-4,10H,6-7H2,(H,15,17)(H,19,20). The highest BCUT2D eigenvalue weighted by molar-refractivity contribution is 6.00. The fraction of sp³-hybridized carbons (Fsp3) is 0.231. The summed E-state index contributed by atoms with van der Waals surface area (Å²) < 4.78 is 0. The number of carboxylic acid groups (broad SMARTS) is 1. The lowest BCUT2D eigenvalue weighted by atomic mass is 10.1. The van der Waals surface area contributed by atoms with Crippen molar-refractivity contribution in [3.05, 3.63) is 35.4 Å². The van der Waals surface area contributed by atoms with E-state index < -0.39 is 23.8 Å². The van der Waals surface area contributed by atoms with Crippen molar-refractivity contribution in [2.75, 3.05) is 13.1 Å². The average molecular weight is 273 g/mol. The molecule has 1 atom stereocenters. The molecule has 1 aliphatic rings. The first kappa shape index (κ1) is 13.5. The first-order valence-electron chi connectivity index (χ1n) is 5.83. The summed E-state index contributed by atoms with van der Waals surface area (Å²) in [7, 11) is 0. The number of carbonyl (C=O) groups excluding carboxylic acids is 2. The Morgan fingerprint density at radius 1 is 1.35 bits per heavy atom. The Hall–Kier alpha value is -2.88. The molecule has 1 aliphatic heterocycles.